The van der Waals surface area contributed by atoms with E-state index in [0.29, 0.717) is 37.8 Å². The Labute approximate surface area is 192 Å². The second kappa shape index (κ2) is 13.3. The van der Waals surface area contributed by atoms with Gasteiger partial charge in [0.2, 0.25) is 0 Å². The topological polar surface area (TPSA) is 35.5 Å². The number of hydrogen-bond acceptors (Lipinski definition) is 3. The molecule has 0 saturated heterocycles. The van der Waals surface area contributed by atoms with Gasteiger partial charge in [-0.25, -0.2) is 0 Å². The number of carbonyl (C=O) groups excluding carboxylic acids is 1. The van der Waals surface area contributed by atoms with Crippen molar-refractivity contribution in [1.82, 2.24) is 0 Å². The first-order valence-corrected chi connectivity index (χ1v) is 14.8. The highest BCUT2D eigenvalue weighted by Gasteiger charge is 2.41. The lowest BCUT2D eigenvalue weighted by molar-refractivity contribution is -0.119. The van der Waals surface area contributed by atoms with Gasteiger partial charge in [-0.05, 0) is 48.9 Å². The van der Waals surface area contributed by atoms with Crippen LogP contribution in [0.15, 0.2) is 43.0 Å². The molecule has 0 bridgehead atoms. The summed E-state index contributed by atoms with van der Waals surface area (Å²) in [5, 5.41) is 0.149. The van der Waals surface area contributed by atoms with Crippen molar-refractivity contribution in [3.63, 3.8) is 0 Å². The summed E-state index contributed by atoms with van der Waals surface area (Å²) in [5.41, 5.74) is 1.19. The molecule has 1 aromatic rings. The molecule has 0 unspecified atom stereocenters. The van der Waals surface area contributed by atoms with Gasteiger partial charge in [-0.1, -0.05) is 71.0 Å². The van der Waals surface area contributed by atoms with Gasteiger partial charge in [-0.3, -0.25) is 4.79 Å². The number of allylic oxidation sites excluding steroid dienone is 1. The van der Waals surface area contributed by atoms with Crippen LogP contribution in [0.3, 0.4) is 0 Å². The summed E-state index contributed by atoms with van der Waals surface area (Å²) >= 11 is 0. The molecule has 0 fully saturated rings. The Hall–Kier alpha value is -1.23. The minimum absolute atomic E-state index is 0.0950. The van der Waals surface area contributed by atoms with Gasteiger partial charge in [-0.2, -0.15) is 0 Å². The standard InChI is InChI=1S/C27H46O3Si/c1-9-10-12-17-25(28)19-18-22(2)26(30-31(7,8)27(4,5)6)23(3)20-29-21-24-15-13-11-14-16-24/h9,11,13-16,22-23,26H,1,10,12,17-21H2,2-8H3/t22-,23-,26+/m1/s1. The fourth-order valence-corrected chi connectivity index (χ4v) is 4.96. The molecule has 0 saturated carbocycles. The number of benzene rings is 1. The van der Waals surface area contributed by atoms with E-state index in [1.165, 1.54) is 5.56 Å². The molecule has 31 heavy (non-hydrogen) atoms. The molecule has 0 heterocycles. The third kappa shape index (κ3) is 10.3. The fourth-order valence-electron chi connectivity index (χ4n) is 3.46. The fraction of sp³-hybridized carbons (Fsp3) is 0.667. The zero-order valence-electron chi connectivity index (χ0n) is 21.1. The van der Waals surface area contributed by atoms with Gasteiger partial charge in [0.25, 0.3) is 0 Å². The summed E-state index contributed by atoms with van der Waals surface area (Å²) in [6.45, 7) is 20.9. The number of unbranched alkanes of at least 4 members (excludes halogenated alkanes) is 1. The molecule has 0 aliphatic carbocycles. The molecule has 1 rings (SSSR count). The molecule has 0 aliphatic heterocycles. The van der Waals surface area contributed by atoms with Crippen molar-refractivity contribution >= 4 is 14.1 Å². The maximum Gasteiger partial charge on any atom is 0.192 e. The molecule has 0 spiro atoms. The van der Waals surface area contributed by atoms with E-state index < -0.39 is 8.32 Å². The Kier molecular flexibility index (Phi) is 12.0. The van der Waals surface area contributed by atoms with Crippen LogP contribution in [0.25, 0.3) is 0 Å². The lowest BCUT2D eigenvalue weighted by Gasteiger charge is -2.43. The minimum Gasteiger partial charge on any atom is -0.413 e. The van der Waals surface area contributed by atoms with Gasteiger partial charge >= 0.3 is 0 Å². The lowest BCUT2D eigenvalue weighted by Crippen LogP contribution is -2.48. The van der Waals surface area contributed by atoms with Crippen molar-refractivity contribution in [2.75, 3.05) is 6.61 Å². The highest BCUT2D eigenvalue weighted by Crippen LogP contribution is 2.39. The molecule has 4 heteroatoms. The quantitative estimate of drug-likeness (QED) is 0.158. The van der Waals surface area contributed by atoms with Gasteiger partial charge in [0.1, 0.15) is 5.78 Å². The van der Waals surface area contributed by atoms with Crippen molar-refractivity contribution < 1.29 is 14.0 Å². The Balaban J connectivity index is 2.74. The predicted octanol–water partition coefficient (Wildman–Crippen LogP) is 7.57. The van der Waals surface area contributed by atoms with Crippen molar-refractivity contribution in [3.8, 4) is 0 Å². The monoisotopic (exact) mass is 446 g/mol. The van der Waals surface area contributed by atoms with Gasteiger partial charge in [-0.15, -0.1) is 6.58 Å². The second-order valence-corrected chi connectivity index (χ2v) is 15.3. The Morgan fingerprint density at radius 1 is 1.10 bits per heavy atom. The van der Waals surface area contributed by atoms with Gasteiger partial charge in [0.05, 0.1) is 19.3 Å². The van der Waals surface area contributed by atoms with Crippen LogP contribution >= 0.6 is 0 Å². The molecule has 3 atom stereocenters. The molecule has 0 N–H and O–H groups in total. The molecule has 0 radical (unpaired) electrons. The van der Waals surface area contributed by atoms with Crippen LogP contribution in [0.2, 0.25) is 18.1 Å². The second-order valence-electron chi connectivity index (χ2n) is 10.6. The molecular weight excluding hydrogens is 400 g/mol. The molecule has 0 aliphatic rings. The van der Waals surface area contributed by atoms with Gasteiger partial charge in [0.15, 0.2) is 8.32 Å². The highest BCUT2D eigenvalue weighted by molar-refractivity contribution is 6.74. The summed E-state index contributed by atoms with van der Waals surface area (Å²) < 4.78 is 13.0. The number of ether oxygens (including phenoxy) is 1. The van der Waals surface area contributed by atoms with Crippen LogP contribution in [0.1, 0.15) is 72.3 Å². The van der Waals surface area contributed by atoms with E-state index in [1.807, 2.05) is 24.3 Å². The Morgan fingerprint density at radius 2 is 1.74 bits per heavy atom. The SMILES string of the molecule is C=CCCCC(=O)CC[C@@H](C)[C@H](O[Si](C)(C)C(C)(C)C)[C@H](C)COCc1ccccc1. The molecule has 0 amide bonds. The van der Waals surface area contributed by atoms with E-state index in [-0.39, 0.29) is 17.1 Å². The maximum atomic E-state index is 12.3. The summed E-state index contributed by atoms with van der Waals surface area (Å²) in [7, 11) is -1.93. The van der Waals surface area contributed by atoms with Crippen LogP contribution in [0, 0.1) is 11.8 Å². The average Bonchev–Trinajstić information content (AvgIpc) is 2.70. The van der Waals surface area contributed by atoms with Crippen LogP contribution in [-0.2, 0) is 20.6 Å². The van der Waals surface area contributed by atoms with Crippen molar-refractivity contribution in [3.05, 3.63) is 48.6 Å². The lowest BCUT2D eigenvalue weighted by atomic mass is 9.89. The third-order valence-electron chi connectivity index (χ3n) is 6.59. The largest absolute Gasteiger partial charge is 0.413 e. The molecular formula is C27H46O3Si. The van der Waals surface area contributed by atoms with Crippen LogP contribution in [-0.4, -0.2) is 26.8 Å². The average molecular weight is 447 g/mol. The number of ketones is 1. The number of Topliss-reactive ketones (excluding diaryl/α,β-unsaturated/α-hetero) is 1. The zero-order chi connectivity index (χ0) is 23.5. The van der Waals surface area contributed by atoms with Crippen molar-refractivity contribution in [2.24, 2.45) is 11.8 Å². The number of rotatable bonds is 15. The van der Waals surface area contributed by atoms with E-state index in [1.54, 1.807) is 0 Å². The molecule has 176 valence electrons. The normalized spacial score (nSPS) is 15.3. The summed E-state index contributed by atoms with van der Waals surface area (Å²) in [5.74, 6) is 0.935. The van der Waals surface area contributed by atoms with E-state index in [4.69, 9.17) is 9.16 Å². The maximum absolute atomic E-state index is 12.3. The van der Waals surface area contributed by atoms with E-state index in [2.05, 4.69) is 66.4 Å². The third-order valence-corrected chi connectivity index (χ3v) is 11.1. The first-order valence-electron chi connectivity index (χ1n) is 11.9. The summed E-state index contributed by atoms with van der Waals surface area (Å²) in [4.78, 5) is 12.3. The van der Waals surface area contributed by atoms with Crippen LogP contribution in [0.4, 0.5) is 0 Å². The summed E-state index contributed by atoms with van der Waals surface area (Å²) in [6, 6.07) is 10.3. The summed E-state index contributed by atoms with van der Waals surface area (Å²) in [6.07, 6.45) is 5.96. The first-order chi connectivity index (χ1) is 14.5. The Morgan fingerprint density at radius 3 is 2.32 bits per heavy atom. The zero-order valence-corrected chi connectivity index (χ0v) is 22.1. The molecule has 1 aromatic carbocycles. The van der Waals surface area contributed by atoms with Crippen molar-refractivity contribution in [1.29, 1.82) is 0 Å². The molecule has 0 aromatic heterocycles. The van der Waals surface area contributed by atoms with Gasteiger partial charge < -0.3 is 9.16 Å². The van der Waals surface area contributed by atoms with Crippen LogP contribution < -0.4 is 0 Å². The van der Waals surface area contributed by atoms with E-state index in [0.717, 1.165) is 19.3 Å². The first kappa shape index (κ1) is 27.8. The Bertz CT molecular complexity index is 648. The molecule has 3 nitrogen and oxygen atoms in total. The highest BCUT2D eigenvalue weighted by atomic mass is 28.4. The number of hydrogen-bond donors (Lipinski definition) is 0. The van der Waals surface area contributed by atoms with Crippen LogP contribution in [0.5, 0.6) is 0 Å². The number of carbonyl (C=O) groups is 1. The minimum atomic E-state index is -1.93. The predicted molar refractivity (Wildman–Crippen MR) is 135 cm³/mol. The van der Waals surface area contributed by atoms with E-state index in [9.17, 15) is 4.79 Å². The van der Waals surface area contributed by atoms with E-state index >= 15 is 0 Å². The smallest absolute Gasteiger partial charge is 0.192 e. The van der Waals surface area contributed by atoms with Crippen molar-refractivity contribution in [2.45, 2.75) is 97.6 Å². The van der Waals surface area contributed by atoms with Gasteiger partial charge in [0, 0.05) is 18.8 Å².